The number of benzene rings is 1. The van der Waals surface area contributed by atoms with Crippen LogP contribution in [-0.2, 0) is 15.0 Å². The van der Waals surface area contributed by atoms with Crippen LogP contribution in [-0.4, -0.2) is 25.4 Å². The van der Waals surface area contributed by atoms with Gasteiger partial charge in [-0.2, -0.15) is 0 Å². The SMILES string of the molecule is NC1(CC2CO2)c2ccccc2C=CC1CC1CO1. The van der Waals surface area contributed by atoms with E-state index in [4.69, 9.17) is 15.2 Å². The van der Waals surface area contributed by atoms with Crippen LogP contribution < -0.4 is 5.73 Å². The van der Waals surface area contributed by atoms with Crippen molar-refractivity contribution in [2.45, 2.75) is 30.6 Å². The van der Waals surface area contributed by atoms with Crippen LogP contribution >= 0.6 is 0 Å². The van der Waals surface area contributed by atoms with Gasteiger partial charge in [-0.05, 0) is 24.0 Å². The molecule has 2 heterocycles. The fourth-order valence-corrected chi connectivity index (χ4v) is 3.26. The van der Waals surface area contributed by atoms with Gasteiger partial charge in [0.2, 0.25) is 0 Å². The quantitative estimate of drug-likeness (QED) is 0.840. The average molecular weight is 257 g/mol. The molecule has 100 valence electrons. The first-order valence-corrected chi connectivity index (χ1v) is 7.05. The standard InChI is InChI=1S/C16H19NO2/c17-16(8-14-10-19-14)12(7-13-9-18-13)6-5-11-3-1-2-4-15(11)16/h1-6,12-14H,7-10,17H2. The van der Waals surface area contributed by atoms with E-state index in [1.807, 2.05) is 0 Å². The molecule has 1 aromatic rings. The van der Waals surface area contributed by atoms with E-state index >= 15 is 0 Å². The second-order valence-corrected chi connectivity index (χ2v) is 5.94. The predicted molar refractivity (Wildman–Crippen MR) is 73.5 cm³/mol. The molecule has 3 heteroatoms. The van der Waals surface area contributed by atoms with Gasteiger partial charge < -0.3 is 15.2 Å². The Balaban J connectivity index is 1.71. The lowest BCUT2D eigenvalue weighted by molar-refractivity contribution is 0.233. The van der Waals surface area contributed by atoms with Gasteiger partial charge in [-0.3, -0.25) is 0 Å². The molecule has 3 aliphatic rings. The third kappa shape index (κ3) is 2.12. The molecule has 4 unspecified atom stereocenters. The smallest absolute Gasteiger partial charge is 0.0831 e. The normalized spacial score (nSPS) is 38.9. The van der Waals surface area contributed by atoms with Crippen molar-refractivity contribution in [2.75, 3.05) is 13.2 Å². The lowest BCUT2D eigenvalue weighted by Gasteiger charge is -2.40. The van der Waals surface area contributed by atoms with Crippen LogP contribution in [0.15, 0.2) is 30.3 Å². The fourth-order valence-electron chi connectivity index (χ4n) is 3.26. The van der Waals surface area contributed by atoms with E-state index in [1.165, 1.54) is 11.1 Å². The van der Waals surface area contributed by atoms with Crippen LogP contribution in [0.25, 0.3) is 6.08 Å². The maximum atomic E-state index is 6.85. The lowest BCUT2D eigenvalue weighted by atomic mass is 9.69. The monoisotopic (exact) mass is 257 g/mol. The molecule has 0 aromatic heterocycles. The third-order valence-electron chi connectivity index (χ3n) is 4.52. The molecule has 0 spiro atoms. The second-order valence-electron chi connectivity index (χ2n) is 5.94. The molecule has 1 aliphatic carbocycles. The van der Waals surface area contributed by atoms with Crippen molar-refractivity contribution < 1.29 is 9.47 Å². The number of epoxide rings is 2. The Bertz CT molecular complexity index is 519. The molecule has 4 atom stereocenters. The number of rotatable bonds is 4. The average Bonchev–Trinajstić information content (AvgIpc) is 3.29. The van der Waals surface area contributed by atoms with Gasteiger partial charge in [0.25, 0.3) is 0 Å². The molecule has 4 rings (SSSR count). The van der Waals surface area contributed by atoms with Crippen molar-refractivity contribution in [3.8, 4) is 0 Å². The largest absolute Gasteiger partial charge is 0.373 e. The molecule has 0 amide bonds. The lowest BCUT2D eigenvalue weighted by Crippen LogP contribution is -2.47. The summed E-state index contributed by atoms with van der Waals surface area (Å²) < 4.78 is 10.8. The van der Waals surface area contributed by atoms with E-state index in [9.17, 15) is 0 Å². The Morgan fingerprint density at radius 3 is 2.63 bits per heavy atom. The summed E-state index contributed by atoms with van der Waals surface area (Å²) in [5, 5.41) is 0. The Hall–Kier alpha value is -1.16. The van der Waals surface area contributed by atoms with Crippen molar-refractivity contribution >= 4 is 6.08 Å². The van der Waals surface area contributed by atoms with E-state index in [2.05, 4.69) is 36.4 Å². The molecule has 3 nitrogen and oxygen atoms in total. The Labute approximate surface area is 113 Å². The molecular weight excluding hydrogens is 238 g/mol. The zero-order valence-electron chi connectivity index (χ0n) is 10.9. The van der Waals surface area contributed by atoms with E-state index in [0.717, 1.165) is 26.1 Å². The third-order valence-corrected chi connectivity index (χ3v) is 4.52. The first-order valence-electron chi connectivity index (χ1n) is 7.05. The van der Waals surface area contributed by atoms with E-state index < -0.39 is 0 Å². The summed E-state index contributed by atoms with van der Waals surface area (Å²) in [6.45, 7) is 1.75. The molecule has 2 aliphatic heterocycles. The zero-order valence-corrected chi connectivity index (χ0v) is 10.9. The number of hydrogen-bond donors (Lipinski definition) is 1. The first-order chi connectivity index (χ1) is 9.25. The molecule has 0 bridgehead atoms. The summed E-state index contributed by atoms with van der Waals surface area (Å²) in [4.78, 5) is 0. The zero-order chi connectivity index (χ0) is 12.9. The summed E-state index contributed by atoms with van der Waals surface area (Å²) in [6, 6.07) is 8.46. The van der Waals surface area contributed by atoms with Crippen LogP contribution in [0.3, 0.4) is 0 Å². The summed E-state index contributed by atoms with van der Waals surface area (Å²) in [6.07, 6.45) is 7.16. The van der Waals surface area contributed by atoms with Crippen LogP contribution in [0.2, 0.25) is 0 Å². The highest BCUT2D eigenvalue weighted by Crippen LogP contribution is 2.44. The molecule has 2 N–H and O–H groups in total. The highest BCUT2D eigenvalue weighted by molar-refractivity contribution is 5.60. The molecule has 0 saturated carbocycles. The van der Waals surface area contributed by atoms with Crippen LogP contribution in [0.1, 0.15) is 24.0 Å². The molecule has 2 saturated heterocycles. The molecular formula is C16H19NO2. The minimum absolute atomic E-state index is 0.307. The second kappa shape index (κ2) is 4.17. The van der Waals surface area contributed by atoms with Crippen molar-refractivity contribution in [3.63, 3.8) is 0 Å². The van der Waals surface area contributed by atoms with Crippen LogP contribution in [0.5, 0.6) is 0 Å². The van der Waals surface area contributed by atoms with Gasteiger partial charge in [-0.25, -0.2) is 0 Å². The summed E-state index contributed by atoms with van der Waals surface area (Å²) in [5.41, 5.74) is 9.05. The molecule has 19 heavy (non-hydrogen) atoms. The summed E-state index contributed by atoms with van der Waals surface area (Å²) in [5.74, 6) is 0.346. The van der Waals surface area contributed by atoms with Gasteiger partial charge in [-0.15, -0.1) is 0 Å². The van der Waals surface area contributed by atoms with Crippen LogP contribution in [0, 0.1) is 5.92 Å². The highest BCUT2D eigenvalue weighted by atomic mass is 16.6. The van der Waals surface area contributed by atoms with Gasteiger partial charge >= 0.3 is 0 Å². The van der Waals surface area contributed by atoms with Crippen molar-refractivity contribution in [1.82, 2.24) is 0 Å². The topological polar surface area (TPSA) is 51.1 Å². The number of hydrogen-bond acceptors (Lipinski definition) is 3. The number of ether oxygens (including phenoxy) is 2. The maximum absolute atomic E-state index is 6.85. The molecule has 0 radical (unpaired) electrons. The minimum Gasteiger partial charge on any atom is -0.373 e. The van der Waals surface area contributed by atoms with E-state index in [-0.39, 0.29) is 5.54 Å². The van der Waals surface area contributed by atoms with E-state index in [0.29, 0.717) is 18.1 Å². The summed E-state index contributed by atoms with van der Waals surface area (Å²) in [7, 11) is 0. The Morgan fingerprint density at radius 1 is 1.16 bits per heavy atom. The predicted octanol–water partition coefficient (Wildman–Crippen LogP) is 2.06. The Kier molecular flexibility index (Phi) is 2.56. The Morgan fingerprint density at radius 2 is 1.89 bits per heavy atom. The van der Waals surface area contributed by atoms with Gasteiger partial charge in [0.15, 0.2) is 0 Å². The van der Waals surface area contributed by atoms with Gasteiger partial charge in [0, 0.05) is 5.92 Å². The van der Waals surface area contributed by atoms with Crippen molar-refractivity contribution in [2.24, 2.45) is 11.7 Å². The van der Waals surface area contributed by atoms with Gasteiger partial charge in [0.05, 0.1) is 31.0 Å². The van der Waals surface area contributed by atoms with Gasteiger partial charge in [0.1, 0.15) is 0 Å². The first kappa shape index (κ1) is 11.6. The fraction of sp³-hybridized carbons (Fsp3) is 0.500. The number of fused-ring (bicyclic) bond motifs is 1. The summed E-state index contributed by atoms with van der Waals surface area (Å²) >= 11 is 0. The number of nitrogens with two attached hydrogens (primary N) is 1. The highest BCUT2D eigenvalue weighted by Gasteiger charge is 2.45. The maximum Gasteiger partial charge on any atom is 0.0831 e. The molecule has 2 fully saturated rings. The van der Waals surface area contributed by atoms with Gasteiger partial charge in [-0.1, -0.05) is 36.4 Å². The minimum atomic E-state index is -0.307. The molecule has 1 aromatic carbocycles. The van der Waals surface area contributed by atoms with Crippen LogP contribution in [0.4, 0.5) is 0 Å². The van der Waals surface area contributed by atoms with Crippen molar-refractivity contribution in [1.29, 1.82) is 0 Å². The van der Waals surface area contributed by atoms with Crippen molar-refractivity contribution in [3.05, 3.63) is 41.5 Å². The van der Waals surface area contributed by atoms with E-state index in [1.54, 1.807) is 0 Å².